The molecule has 3 nitrogen and oxygen atoms in total. The zero-order valence-corrected chi connectivity index (χ0v) is 7.64. The number of nitrogens with one attached hydrogen (secondary N) is 1. The number of ether oxygens (including phenoxy) is 1. The molecule has 1 unspecified atom stereocenters. The first-order valence-corrected chi connectivity index (χ1v) is 4.76. The standard InChI is InChI=1S/C9H17NO2/c1-2-5-9(11)12-8-6-3-4-7-10-8/h8,10H,2-7H2,1H3. The van der Waals surface area contributed by atoms with Crippen LogP contribution >= 0.6 is 0 Å². The number of esters is 1. The number of rotatable bonds is 3. The van der Waals surface area contributed by atoms with E-state index in [1.54, 1.807) is 0 Å². The highest BCUT2D eigenvalue weighted by Gasteiger charge is 2.15. The van der Waals surface area contributed by atoms with Crippen molar-refractivity contribution in [1.82, 2.24) is 5.32 Å². The highest BCUT2D eigenvalue weighted by Crippen LogP contribution is 2.08. The summed E-state index contributed by atoms with van der Waals surface area (Å²) in [5.41, 5.74) is 0. The Balaban J connectivity index is 2.15. The van der Waals surface area contributed by atoms with Crippen LogP contribution in [0.4, 0.5) is 0 Å². The highest BCUT2D eigenvalue weighted by atomic mass is 16.6. The summed E-state index contributed by atoms with van der Waals surface area (Å²) in [4.78, 5) is 11.0. The number of carbonyl (C=O) groups is 1. The third-order valence-corrected chi connectivity index (χ3v) is 1.99. The van der Waals surface area contributed by atoms with Crippen molar-refractivity contribution in [1.29, 1.82) is 0 Å². The molecule has 1 heterocycles. The lowest BCUT2D eigenvalue weighted by molar-refractivity contribution is -0.151. The Morgan fingerprint density at radius 1 is 1.58 bits per heavy atom. The first-order chi connectivity index (χ1) is 5.83. The van der Waals surface area contributed by atoms with Gasteiger partial charge in [-0.15, -0.1) is 0 Å². The Bertz CT molecular complexity index is 141. The number of piperidine rings is 1. The molecule has 0 amide bonds. The molecule has 0 spiro atoms. The van der Waals surface area contributed by atoms with Crippen LogP contribution in [0, 0.1) is 0 Å². The van der Waals surface area contributed by atoms with Crippen molar-refractivity contribution in [3.05, 3.63) is 0 Å². The number of hydrogen-bond donors (Lipinski definition) is 1. The van der Waals surface area contributed by atoms with E-state index in [2.05, 4.69) is 5.32 Å². The van der Waals surface area contributed by atoms with Crippen molar-refractivity contribution < 1.29 is 9.53 Å². The molecule has 1 atom stereocenters. The molecule has 0 radical (unpaired) electrons. The van der Waals surface area contributed by atoms with Gasteiger partial charge < -0.3 is 4.74 Å². The first-order valence-electron chi connectivity index (χ1n) is 4.76. The van der Waals surface area contributed by atoms with Gasteiger partial charge in [0.2, 0.25) is 0 Å². The fourth-order valence-corrected chi connectivity index (χ4v) is 1.34. The first kappa shape index (κ1) is 9.52. The smallest absolute Gasteiger partial charge is 0.307 e. The van der Waals surface area contributed by atoms with Crippen LogP contribution < -0.4 is 5.32 Å². The van der Waals surface area contributed by atoms with Crippen molar-refractivity contribution in [3.63, 3.8) is 0 Å². The van der Waals surface area contributed by atoms with Crippen LogP contribution in [0.3, 0.4) is 0 Å². The molecule has 0 aromatic rings. The van der Waals surface area contributed by atoms with Gasteiger partial charge >= 0.3 is 5.97 Å². The van der Waals surface area contributed by atoms with E-state index in [-0.39, 0.29) is 12.2 Å². The van der Waals surface area contributed by atoms with Crippen LogP contribution in [0.15, 0.2) is 0 Å². The zero-order chi connectivity index (χ0) is 8.81. The molecule has 1 fully saturated rings. The van der Waals surface area contributed by atoms with Gasteiger partial charge in [0.25, 0.3) is 0 Å². The Hall–Kier alpha value is -0.570. The predicted octanol–water partition coefficient (Wildman–Crippen LogP) is 1.43. The van der Waals surface area contributed by atoms with Gasteiger partial charge in [0, 0.05) is 6.42 Å². The summed E-state index contributed by atoms with van der Waals surface area (Å²) in [6.45, 7) is 2.96. The molecule has 1 saturated heterocycles. The van der Waals surface area contributed by atoms with Crippen molar-refractivity contribution in [2.75, 3.05) is 6.54 Å². The van der Waals surface area contributed by atoms with Gasteiger partial charge in [-0.1, -0.05) is 6.92 Å². The minimum Gasteiger partial charge on any atom is -0.447 e. The maximum Gasteiger partial charge on any atom is 0.307 e. The Morgan fingerprint density at radius 2 is 2.42 bits per heavy atom. The molecule has 70 valence electrons. The molecular weight excluding hydrogens is 154 g/mol. The van der Waals surface area contributed by atoms with Crippen LogP contribution in [-0.4, -0.2) is 18.7 Å². The van der Waals surface area contributed by atoms with E-state index < -0.39 is 0 Å². The Morgan fingerprint density at radius 3 is 3.00 bits per heavy atom. The normalized spacial score (nSPS) is 23.6. The number of carbonyl (C=O) groups excluding carboxylic acids is 1. The second-order valence-corrected chi connectivity index (χ2v) is 3.18. The quantitative estimate of drug-likeness (QED) is 0.653. The van der Waals surface area contributed by atoms with Crippen LogP contribution in [0.5, 0.6) is 0 Å². The molecule has 0 aliphatic carbocycles. The van der Waals surface area contributed by atoms with E-state index in [0.717, 1.165) is 25.8 Å². The lowest BCUT2D eigenvalue weighted by atomic mass is 10.1. The molecule has 1 rings (SSSR count). The maximum atomic E-state index is 11.0. The fourth-order valence-electron chi connectivity index (χ4n) is 1.34. The molecule has 0 bridgehead atoms. The fraction of sp³-hybridized carbons (Fsp3) is 0.889. The summed E-state index contributed by atoms with van der Waals surface area (Å²) in [6.07, 6.45) is 4.72. The van der Waals surface area contributed by atoms with E-state index in [4.69, 9.17) is 4.74 Å². The lowest BCUT2D eigenvalue weighted by Gasteiger charge is -2.23. The molecule has 1 N–H and O–H groups in total. The molecule has 0 saturated carbocycles. The molecule has 0 aromatic carbocycles. The van der Waals surface area contributed by atoms with Crippen LogP contribution in [-0.2, 0) is 9.53 Å². The van der Waals surface area contributed by atoms with Gasteiger partial charge in [-0.05, 0) is 32.2 Å². The monoisotopic (exact) mass is 171 g/mol. The second-order valence-electron chi connectivity index (χ2n) is 3.18. The van der Waals surface area contributed by atoms with E-state index in [1.807, 2.05) is 6.92 Å². The highest BCUT2D eigenvalue weighted by molar-refractivity contribution is 5.69. The van der Waals surface area contributed by atoms with E-state index in [0.29, 0.717) is 6.42 Å². The largest absolute Gasteiger partial charge is 0.447 e. The predicted molar refractivity (Wildman–Crippen MR) is 46.6 cm³/mol. The molecule has 3 heteroatoms. The van der Waals surface area contributed by atoms with Crippen molar-refractivity contribution >= 4 is 5.97 Å². The van der Waals surface area contributed by atoms with Crippen molar-refractivity contribution in [2.45, 2.75) is 45.3 Å². The minimum atomic E-state index is -0.0723. The Kier molecular flexibility index (Phi) is 4.08. The average Bonchev–Trinajstić information content (AvgIpc) is 2.06. The second kappa shape index (κ2) is 5.14. The SMILES string of the molecule is CCCC(=O)OC1CCCCN1. The van der Waals surface area contributed by atoms with Crippen LogP contribution in [0.2, 0.25) is 0 Å². The average molecular weight is 171 g/mol. The van der Waals surface area contributed by atoms with Gasteiger partial charge in [-0.3, -0.25) is 10.1 Å². The maximum absolute atomic E-state index is 11.0. The third-order valence-electron chi connectivity index (χ3n) is 1.99. The van der Waals surface area contributed by atoms with Crippen LogP contribution in [0.1, 0.15) is 39.0 Å². The summed E-state index contributed by atoms with van der Waals surface area (Å²) < 4.78 is 5.18. The molecule has 0 aromatic heterocycles. The summed E-state index contributed by atoms with van der Waals surface area (Å²) in [6, 6.07) is 0. The van der Waals surface area contributed by atoms with Gasteiger partial charge in [0.1, 0.15) is 0 Å². The summed E-state index contributed by atoms with van der Waals surface area (Å²) in [5, 5.41) is 3.17. The van der Waals surface area contributed by atoms with Crippen molar-refractivity contribution in [3.8, 4) is 0 Å². The molecule has 1 aliphatic rings. The zero-order valence-electron chi connectivity index (χ0n) is 7.64. The topological polar surface area (TPSA) is 38.3 Å². The van der Waals surface area contributed by atoms with Crippen molar-refractivity contribution in [2.24, 2.45) is 0 Å². The molecule has 12 heavy (non-hydrogen) atoms. The Labute approximate surface area is 73.5 Å². The van der Waals surface area contributed by atoms with Gasteiger partial charge in [0.15, 0.2) is 6.23 Å². The molecular formula is C9H17NO2. The number of hydrogen-bond acceptors (Lipinski definition) is 3. The van der Waals surface area contributed by atoms with Gasteiger partial charge in [-0.2, -0.15) is 0 Å². The minimum absolute atomic E-state index is 0.0159. The van der Waals surface area contributed by atoms with E-state index >= 15 is 0 Å². The lowest BCUT2D eigenvalue weighted by Crippen LogP contribution is -2.37. The summed E-state index contributed by atoms with van der Waals surface area (Å²) in [7, 11) is 0. The van der Waals surface area contributed by atoms with Gasteiger partial charge in [0.05, 0.1) is 0 Å². The van der Waals surface area contributed by atoms with E-state index in [1.165, 1.54) is 6.42 Å². The summed E-state index contributed by atoms with van der Waals surface area (Å²) >= 11 is 0. The molecule has 1 aliphatic heterocycles. The van der Waals surface area contributed by atoms with Gasteiger partial charge in [-0.25, -0.2) is 0 Å². The summed E-state index contributed by atoms with van der Waals surface area (Å²) in [5.74, 6) is -0.0723. The van der Waals surface area contributed by atoms with Crippen LogP contribution in [0.25, 0.3) is 0 Å². The third kappa shape index (κ3) is 3.22. The van der Waals surface area contributed by atoms with E-state index in [9.17, 15) is 4.79 Å².